The molecule has 0 N–H and O–H groups in total. The number of nitrogens with zero attached hydrogens (tertiary/aromatic N) is 3. The summed E-state index contributed by atoms with van der Waals surface area (Å²) in [5.41, 5.74) is 7.48. The zero-order valence-corrected chi connectivity index (χ0v) is 17.1. The molecular formula is C25H20ClN3. The van der Waals surface area contributed by atoms with E-state index >= 15 is 0 Å². The van der Waals surface area contributed by atoms with Crippen LogP contribution in [0.5, 0.6) is 0 Å². The molecule has 0 saturated carbocycles. The third-order valence-electron chi connectivity index (χ3n) is 5.36. The number of hydrogen-bond donors (Lipinski definition) is 0. The van der Waals surface area contributed by atoms with E-state index in [4.69, 9.17) is 21.7 Å². The van der Waals surface area contributed by atoms with Crippen LogP contribution in [0.1, 0.15) is 18.1 Å². The lowest BCUT2D eigenvalue weighted by Gasteiger charge is -2.07. The molecular weight excluding hydrogens is 378 g/mol. The van der Waals surface area contributed by atoms with Crippen molar-refractivity contribution in [3.05, 3.63) is 89.1 Å². The van der Waals surface area contributed by atoms with Crippen LogP contribution in [0.4, 0.5) is 0 Å². The molecule has 4 heteroatoms. The maximum Gasteiger partial charge on any atom is 0.102 e. The van der Waals surface area contributed by atoms with Crippen LogP contribution in [0.25, 0.3) is 38.8 Å². The van der Waals surface area contributed by atoms with Gasteiger partial charge in [-0.25, -0.2) is 4.68 Å². The highest BCUT2D eigenvalue weighted by Gasteiger charge is 2.17. The molecule has 0 aliphatic heterocycles. The van der Waals surface area contributed by atoms with Crippen molar-refractivity contribution in [3.63, 3.8) is 0 Å². The second-order valence-corrected chi connectivity index (χ2v) is 7.77. The van der Waals surface area contributed by atoms with E-state index in [-0.39, 0.29) is 0 Å². The van der Waals surface area contributed by atoms with Crippen LogP contribution < -0.4 is 0 Å². The van der Waals surface area contributed by atoms with Gasteiger partial charge in [-0.2, -0.15) is 5.10 Å². The summed E-state index contributed by atoms with van der Waals surface area (Å²) >= 11 is 6.30. The predicted molar refractivity (Wildman–Crippen MR) is 121 cm³/mol. The third-order valence-corrected chi connectivity index (χ3v) is 5.59. The maximum absolute atomic E-state index is 6.30. The van der Waals surface area contributed by atoms with Crippen molar-refractivity contribution in [3.8, 4) is 16.9 Å². The number of rotatable bonds is 3. The summed E-state index contributed by atoms with van der Waals surface area (Å²) in [6.07, 6.45) is 2.91. The number of hydrogen-bond acceptors (Lipinski definition) is 2. The first kappa shape index (κ1) is 17.9. The van der Waals surface area contributed by atoms with Crippen molar-refractivity contribution in [2.75, 3.05) is 0 Å². The van der Waals surface area contributed by atoms with Gasteiger partial charge in [0.15, 0.2) is 0 Å². The summed E-state index contributed by atoms with van der Waals surface area (Å²) in [6, 6.07) is 22.7. The van der Waals surface area contributed by atoms with Gasteiger partial charge >= 0.3 is 0 Å². The van der Waals surface area contributed by atoms with Gasteiger partial charge in [-0.05, 0) is 49.2 Å². The molecule has 0 unspecified atom stereocenters. The number of benzene rings is 3. The van der Waals surface area contributed by atoms with Gasteiger partial charge in [0.25, 0.3) is 0 Å². The van der Waals surface area contributed by atoms with E-state index in [9.17, 15) is 0 Å². The fourth-order valence-electron chi connectivity index (χ4n) is 3.77. The van der Waals surface area contributed by atoms with Crippen molar-refractivity contribution >= 4 is 33.4 Å². The summed E-state index contributed by atoms with van der Waals surface area (Å²) in [7, 11) is 0. The van der Waals surface area contributed by atoms with Gasteiger partial charge in [-0.3, -0.25) is 4.98 Å². The number of aromatic nitrogens is 3. The average Bonchev–Trinajstić information content (AvgIpc) is 3.14. The van der Waals surface area contributed by atoms with E-state index in [1.54, 1.807) is 0 Å². The molecule has 5 rings (SSSR count). The quantitative estimate of drug-likeness (QED) is 0.336. The lowest BCUT2D eigenvalue weighted by molar-refractivity contribution is 0.917. The van der Waals surface area contributed by atoms with E-state index in [2.05, 4.69) is 56.3 Å². The summed E-state index contributed by atoms with van der Waals surface area (Å²) in [5, 5.41) is 7.86. The van der Waals surface area contributed by atoms with Crippen molar-refractivity contribution in [1.29, 1.82) is 0 Å². The van der Waals surface area contributed by atoms with E-state index < -0.39 is 0 Å². The molecule has 3 aromatic carbocycles. The monoisotopic (exact) mass is 397 g/mol. The van der Waals surface area contributed by atoms with Gasteiger partial charge in [0, 0.05) is 27.6 Å². The van der Waals surface area contributed by atoms with Gasteiger partial charge in [0.05, 0.1) is 16.7 Å². The largest absolute Gasteiger partial charge is 0.255 e. The van der Waals surface area contributed by atoms with Crippen LogP contribution in [0, 0.1) is 6.92 Å². The Balaban J connectivity index is 1.90. The topological polar surface area (TPSA) is 30.7 Å². The molecule has 0 aliphatic carbocycles. The van der Waals surface area contributed by atoms with Gasteiger partial charge in [-0.15, -0.1) is 0 Å². The van der Waals surface area contributed by atoms with Gasteiger partial charge in [0.1, 0.15) is 5.69 Å². The molecule has 0 aliphatic rings. The van der Waals surface area contributed by atoms with E-state index in [0.717, 1.165) is 45.2 Å². The van der Waals surface area contributed by atoms with E-state index in [1.165, 1.54) is 11.1 Å². The lowest BCUT2D eigenvalue weighted by Crippen LogP contribution is -1.97. The number of pyridine rings is 1. The molecule has 0 saturated heterocycles. The molecule has 2 heterocycles. The highest BCUT2D eigenvalue weighted by atomic mass is 35.5. The second-order valence-electron chi connectivity index (χ2n) is 7.33. The summed E-state index contributed by atoms with van der Waals surface area (Å²) in [4.78, 5) is 4.73. The van der Waals surface area contributed by atoms with E-state index in [0.29, 0.717) is 5.02 Å². The zero-order valence-electron chi connectivity index (χ0n) is 16.4. The number of fused-ring (bicyclic) bond motifs is 3. The van der Waals surface area contributed by atoms with Crippen molar-refractivity contribution in [1.82, 2.24) is 14.8 Å². The fraction of sp³-hybridized carbons (Fsp3) is 0.120. The van der Waals surface area contributed by atoms with Gasteiger partial charge in [0.2, 0.25) is 0 Å². The Kier molecular flexibility index (Phi) is 4.33. The van der Waals surface area contributed by atoms with Crippen molar-refractivity contribution in [2.24, 2.45) is 0 Å². The van der Waals surface area contributed by atoms with Crippen LogP contribution in [0.2, 0.25) is 5.02 Å². The molecule has 142 valence electrons. The van der Waals surface area contributed by atoms with Gasteiger partial charge < -0.3 is 0 Å². The Hall–Kier alpha value is -3.17. The minimum absolute atomic E-state index is 0.690. The van der Waals surface area contributed by atoms with Crippen LogP contribution in [0.3, 0.4) is 0 Å². The fourth-order valence-corrected chi connectivity index (χ4v) is 3.95. The molecule has 2 aromatic heterocycles. The molecule has 0 atom stereocenters. The minimum atomic E-state index is 0.690. The van der Waals surface area contributed by atoms with Gasteiger partial charge in [-0.1, -0.05) is 60.5 Å². The Labute approximate surface area is 174 Å². The van der Waals surface area contributed by atoms with Crippen molar-refractivity contribution < 1.29 is 0 Å². The normalized spacial score (nSPS) is 11.4. The molecule has 0 radical (unpaired) electrons. The molecule has 0 fully saturated rings. The van der Waals surface area contributed by atoms with E-state index in [1.807, 2.05) is 35.1 Å². The summed E-state index contributed by atoms with van der Waals surface area (Å²) < 4.78 is 2.00. The first-order chi connectivity index (χ1) is 14.1. The Morgan fingerprint density at radius 3 is 2.52 bits per heavy atom. The maximum atomic E-state index is 6.30. The molecule has 5 aromatic rings. The second kappa shape index (κ2) is 7.02. The first-order valence-corrected chi connectivity index (χ1v) is 10.1. The molecule has 0 spiro atoms. The predicted octanol–water partition coefficient (Wildman–Crippen LogP) is 6.76. The number of halogens is 1. The third kappa shape index (κ3) is 3.08. The Morgan fingerprint density at radius 1 is 0.931 bits per heavy atom. The first-order valence-electron chi connectivity index (χ1n) is 9.77. The minimum Gasteiger partial charge on any atom is -0.255 e. The zero-order chi connectivity index (χ0) is 20.0. The molecule has 0 bridgehead atoms. The summed E-state index contributed by atoms with van der Waals surface area (Å²) in [6.45, 7) is 4.26. The SMILES string of the molecule is CCc1ccc2ncc3c(-c4ccc(C)cc4)nn(-c4cccc(Cl)c4)c3c2c1. The average molecular weight is 398 g/mol. The molecule has 0 amide bonds. The Bertz CT molecular complexity index is 1350. The van der Waals surface area contributed by atoms with Crippen LogP contribution in [0.15, 0.2) is 72.9 Å². The Morgan fingerprint density at radius 2 is 1.76 bits per heavy atom. The lowest BCUT2D eigenvalue weighted by atomic mass is 10.0. The molecule has 29 heavy (non-hydrogen) atoms. The van der Waals surface area contributed by atoms with Crippen LogP contribution in [-0.2, 0) is 6.42 Å². The highest BCUT2D eigenvalue weighted by molar-refractivity contribution is 6.30. The standard InChI is InChI=1S/C25H20ClN3/c1-3-17-9-12-23-21(13-17)25-22(15-27-23)24(18-10-7-16(2)8-11-18)28-29(25)20-6-4-5-19(26)14-20/h4-15H,3H2,1-2H3. The smallest absolute Gasteiger partial charge is 0.102 e. The summed E-state index contributed by atoms with van der Waals surface area (Å²) in [5.74, 6) is 0. The van der Waals surface area contributed by atoms with Crippen LogP contribution >= 0.6 is 11.6 Å². The van der Waals surface area contributed by atoms with Crippen LogP contribution in [-0.4, -0.2) is 14.8 Å². The molecule has 3 nitrogen and oxygen atoms in total. The highest BCUT2D eigenvalue weighted by Crippen LogP contribution is 2.34. The number of aryl methyl sites for hydroxylation is 2. The van der Waals surface area contributed by atoms with Crippen molar-refractivity contribution in [2.45, 2.75) is 20.3 Å².